The first-order chi connectivity index (χ1) is 13.6. The quantitative estimate of drug-likeness (QED) is 0.314. The Hall–Kier alpha value is -2.21. The van der Waals surface area contributed by atoms with Gasteiger partial charge in [0.2, 0.25) is 0 Å². The normalized spacial score (nSPS) is 12.9. The summed E-state index contributed by atoms with van der Waals surface area (Å²) >= 11 is 4.50. The molecular formula is C26H24BrP. The number of halogens is 1. The van der Waals surface area contributed by atoms with Crippen molar-refractivity contribution in [3.63, 3.8) is 0 Å². The molecule has 0 N–H and O–H groups in total. The van der Waals surface area contributed by atoms with Crippen LogP contribution in [0.2, 0.25) is 0 Å². The number of aryl methyl sites for hydroxylation is 1. The van der Waals surface area contributed by atoms with E-state index in [-0.39, 0.29) is 0 Å². The van der Waals surface area contributed by atoms with Gasteiger partial charge in [0.15, 0.2) is 0 Å². The van der Waals surface area contributed by atoms with E-state index in [4.69, 9.17) is 0 Å². The monoisotopic (exact) mass is 446 g/mol. The Morgan fingerprint density at radius 3 is 1.25 bits per heavy atom. The molecule has 0 saturated carbocycles. The SMILES string of the molecule is Cc1ccc(CP(Br)(c2ccccc2)(c2ccccc2)c2ccccc2)cc1. The number of rotatable bonds is 5. The zero-order valence-corrected chi connectivity index (χ0v) is 18.5. The zero-order valence-electron chi connectivity index (χ0n) is 16.0. The average molecular weight is 447 g/mol. The Balaban J connectivity index is 2.07. The molecule has 0 atom stereocenters. The average Bonchev–Trinajstić information content (AvgIpc) is 2.77. The van der Waals surface area contributed by atoms with Gasteiger partial charge < -0.3 is 0 Å². The molecule has 4 aromatic rings. The summed E-state index contributed by atoms with van der Waals surface area (Å²) in [6.07, 6.45) is 0.934. The molecule has 4 aromatic carbocycles. The van der Waals surface area contributed by atoms with Crippen molar-refractivity contribution in [2.24, 2.45) is 0 Å². The van der Waals surface area contributed by atoms with Crippen molar-refractivity contribution in [3.8, 4) is 0 Å². The van der Waals surface area contributed by atoms with Gasteiger partial charge in [0.25, 0.3) is 0 Å². The van der Waals surface area contributed by atoms with Gasteiger partial charge in [-0.15, -0.1) is 0 Å². The third kappa shape index (κ3) is 3.24. The Morgan fingerprint density at radius 1 is 0.536 bits per heavy atom. The van der Waals surface area contributed by atoms with Crippen LogP contribution in [-0.4, -0.2) is 0 Å². The molecule has 0 aliphatic heterocycles. The fraction of sp³-hybridized carbons (Fsp3) is 0.0769. The van der Waals surface area contributed by atoms with E-state index in [0.717, 1.165) is 6.16 Å². The van der Waals surface area contributed by atoms with E-state index in [1.807, 2.05) is 0 Å². The van der Waals surface area contributed by atoms with E-state index in [2.05, 4.69) is 138 Å². The fourth-order valence-corrected chi connectivity index (χ4v) is 11.7. The Bertz CT molecular complexity index is 942. The van der Waals surface area contributed by atoms with E-state index in [1.54, 1.807) is 0 Å². The van der Waals surface area contributed by atoms with Crippen molar-refractivity contribution in [1.29, 1.82) is 0 Å². The van der Waals surface area contributed by atoms with Crippen molar-refractivity contribution < 1.29 is 0 Å². The van der Waals surface area contributed by atoms with Crippen LogP contribution in [0.1, 0.15) is 11.1 Å². The van der Waals surface area contributed by atoms with Gasteiger partial charge in [0, 0.05) is 0 Å². The summed E-state index contributed by atoms with van der Waals surface area (Å²) in [6, 6.07) is 41.8. The predicted octanol–water partition coefficient (Wildman–Crippen LogP) is 6.33. The van der Waals surface area contributed by atoms with Gasteiger partial charge in [-0.3, -0.25) is 0 Å². The molecule has 0 aliphatic carbocycles. The molecule has 0 radical (unpaired) electrons. The molecule has 0 fully saturated rings. The first-order valence-electron chi connectivity index (χ1n) is 9.56. The molecule has 0 bridgehead atoms. The standard InChI is InChI=1S/C26H24BrP/c1-22-17-19-23(20-18-22)21-28(27,24-11-5-2-6-12-24,25-13-7-3-8-14-25)26-15-9-4-10-16-26/h2-20H,21H2,1H3. The molecule has 140 valence electrons. The van der Waals surface area contributed by atoms with Crippen molar-refractivity contribution >= 4 is 36.7 Å². The Morgan fingerprint density at radius 2 is 0.893 bits per heavy atom. The molecule has 0 heterocycles. The second-order valence-electron chi connectivity index (χ2n) is 7.33. The summed E-state index contributed by atoms with van der Waals surface area (Å²) in [5, 5.41) is 1.17. The third-order valence-corrected chi connectivity index (χ3v) is 15.0. The van der Waals surface area contributed by atoms with Gasteiger partial charge >= 0.3 is 176 Å². The number of benzene rings is 4. The summed E-state index contributed by atoms with van der Waals surface area (Å²) in [6.45, 7) is 2.14. The molecule has 28 heavy (non-hydrogen) atoms. The van der Waals surface area contributed by atoms with Crippen LogP contribution in [0.3, 0.4) is 0 Å². The van der Waals surface area contributed by atoms with Crippen molar-refractivity contribution in [2.45, 2.75) is 13.1 Å². The summed E-state index contributed by atoms with van der Waals surface area (Å²) in [5.74, 6) is 0. The van der Waals surface area contributed by atoms with Crippen LogP contribution >= 0.6 is 20.8 Å². The van der Waals surface area contributed by atoms with Crippen molar-refractivity contribution in [3.05, 3.63) is 126 Å². The molecule has 0 amide bonds. The van der Waals surface area contributed by atoms with Crippen LogP contribution in [0.5, 0.6) is 0 Å². The van der Waals surface area contributed by atoms with Crippen molar-refractivity contribution in [2.75, 3.05) is 0 Å². The molecule has 0 unspecified atom stereocenters. The van der Waals surface area contributed by atoms with Gasteiger partial charge in [0.1, 0.15) is 0 Å². The van der Waals surface area contributed by atoms with Crippen LogP contribution in [-0.2, 0) is 6.16 Å². The van der Waals surface area contributed by atoms with E-state index in [9.17, 15) is 0 Å². The summed E-state index contributed by atoms with van der Waals surface area (Å²) < 4.78 is 0. The Labute approximate surface area is 175 Å². The predicted molar refractivity (Wildman–Crippen MR) is 129 cm³/mol. The molecule has 2 heteroatoms. The van der Waals surface area contributed by atoms with Crippen LogP contribution in [0.15, 0.2) is 115 Å². The van der Waals surface area contributed by atoms with Gasteiger partial charge in [0.05, 0.1) is 0 Å². The van der Waals surface area contributed by atoms with E-state index >= 15 is 0 Å². The van der Waals surface area contributed by atoms with E-state index in [1.165, 1.54) is 27.0 Å². The topological polar surface area (TPSA) is 0 Å². The third-order valence-electron chi connectivity index (χ3n) is 5.48. The fourth-order valence-electron chi connectivity index (χ4n) is 3.97. The van der Waals surface area contributed by atoms with Gasteiger partial charge in [-0.2, -0.15) is 0 Å². The summed E-state index contributed by atoms with van der Waals surface area (Å²) in [4.78, 5) is 0. The molecule has 0 aliphatic rings. The first kappa shape index (κ1) is 19.1. The second-order valence-corrected chi connectivity index (χ2v) is 16.3. The van der Waals surface area contributed by atoms with Crippen LogP contribution < -0.4 is 15.9 Å². The summed E-state index contributed by atoms with van der Waals surface area (Å²) in [7, 11) is 0. The molecule has 0 nitrogen and oxygen atoms in total. The zero-order chi connectivity index (χ0) is 19.5. The number of hydrogen-bond donors (Lipinski definition) is 0. The van der Waals surface area contributed by atoms with Crippen molar-refractivity contribution in [1.82, 2.24) is 0 Å². The molecule has 0 spiro atoms. The molecule has 4 rings (SSSR count). The first-order valence-corrected chi connectivity index (χ1v) is 14.0. The van der Waals surface area contributed by atoms with E-state index < -0.39 is 5.31 Å². The minimum absolute atomic E-state index is 0.934. The van der Waals surface area contributed by atoms with Crippen LogP contribution in [0.25, 0.3) is 0 Å². The molecule has 0 saturated heterocycles. The van der Waals surface area contributed by atoms with Gasteiger partial charge in [-0.1, -0.05) is 0 Å². The second kappa shape index (κ2) is 7.66. The van der Waals surface area contributed by atoms with Gasteiger partial charge in [-0.05, 0) is 0 Å². The van der Waals surface area contributed by atoms with Crippen LogP contribution in [0.4, 0.5) is 0 Å². The number of hydrogen-bond acceptors (Lipinski definition) is 0. The summed E-state index contributed by atoms with van der Waals surface area (Å²) in [5.41, 5.74) is 2.63. The molecule has 0 aromatic heterocycles. The van der Waals surface area contributed by atoms with E-state index in [0.29, 0.717) is 0 Å². The maximum absolute atomic E-state index is 4.50. The van der Waals surface area contributed by atoms with Crippen LogP contribution in [0, 0.1) is 6.92 Å². The maximum atomic E-state index is 4.50. The molecular weight excluding hydrogens is 423 g/mol. The minimum atomic E-state index is -2.88. The Kier molecular flexibility index (Phi) is 5.23. The van der Waals surface area contributed by atoms with Gasteiger partial charge in [-0.25, -0.2) is 0 Å².